The van der Waals surface area contributed by atoms with Gasteiger partial charge in [-0.15, -0.1) is 0 Å². The maximum absolute atomic E-state index is 13.0. The highest BCUT2D eigenvalue weighted by Crippen LogP contribution is 2.28. The number of benzene rings is 1. The van der Waals surface area contributed by atoms with Crippen LogP contribution in [0.5, 0.6) is 0 Å². The molecule has 1 aliphatic heterocycles. The van der Waals surface area contributed by atoms with Crippen molar-refractivity contribution in [3.63, 3.8) is 0 Å². The average molecular weight is 213 g/mol. The lowest BCUT2D eigenvalue weighted by Crippen LogP contribution is -2.15. The summed E-state index contributed by atoms with van der Waals surface area (Å²) in [6.45, 7) is 1.49. The second kappa shape index (κ2) is 4.24. The lowest BCUT2D eigenvalue weighted by Gasteiger charge is -2.16. The van der Waals surface area contributed by atoms with E-state index < -0.39 is 11.6 Å². The van der Waals surface area contributed by atoms with Crippen LogP contribution in [0.2, 0.25) is 0 Å². The number of aliphatic hydroxyl groups is 1. The summed E-state index contributed by atoms with van der Waals surface area (Å²) in [7, 11) is 0. The molecule has 1 aromatic carbocycles. The Hall–Kier alpha value is -1.00. The topological polar surface area (TPSA) is 32.3 Å². The molecular weight excluding hydrogens is 200 g/mol. The molecule has 82 valence electrons. The second-order valence-corrected chi connectivity index (χ2v) is 3.88. The summed E-state index contributed by atoms with van der Waals surface area (Å²) in [6.07, 6.45) is 0. The van der Waals surface area contributed by atoms with Crippen molar-refractivity contribution in [3.05, 3.63) is 35.4 Å². The van der Waals surface area contributed by atoms with Gasteiger partial charge >= 0.3 is 0 Å². The second-order valence-electron chi connectivity index (χ2n) is 3.88. The van der Waals surface area contributed by atoms with Crippen molar-refractivity contribution in [3.8, 4) is 0 Å². The molecule has 2 nitrogen and oxygen atoms in total. The molecule has 0 aliphatic carbocycles. The third-order valence-electron chi connectivity index (χ3n) is 2.95. The molecule has 0 saturated carbocycles. The number of halogens is 2. The van der Waals surface area contributed by atoms with Gasteiger partial charge < -0.3 is 10.4 Å². The number of hydrogen-bond acceptors (Lipinski definition) is 2. The first-order valence-corrected chi connectivity index (χ1v) is 4.99. The number of rotatable bonds is 2. The van der Waals surface area contributed by atoms with E-state index in [0.717, 1.165) is 18.2 Å². The number of hydrogen-bond donors (Lipinski definition) is 2. The summed E-state index contributed by atoms with van der Waals surface area (Å²) < 4.78 is 25.7. The highest BCUT2D eigenvalue weighted by atomic mass is 19.2. The summed E-state index contributed by atoms with van der Waals surface area (Å²) in [5, 5.41) is 12.2. The van der Waals surface area contributed by atoms with Crippen LogP contribution in [0.3, 0.4) is 0 Å². The molecule has 4 heteroatoms. The van der Waals surface area contributed by atoms with Gasteiger partial charge in [0.15, 0.2) is 11.6 Å². The fourth-order valence-electron chi connectivity index (χ4n) is 2.06. The van der Waals surface area contributed by atoms with E-state index >= 15 is 0 Å². The third kappa shape index (κ3) is 2.01. The predicted molar refractivity (Wildman–Crippen MR) is 52.5 cm³/mol. The zero-order valence-electron chi connectivity index (χ0n) is 8.21. The van der Waals surface area contributed by atoms with Crippen molar-refractivity contribution in [2.75, 3.05) is 19.7 Å². The standard InChI is InChI=1S/C11H13F2NO/c12-10-2-1-7(3-11(10)13)9-5-14-4-8(9)6-15/h1-3,8-9,14-15H,4-6H2. The monoisotopic (exact) mass is 213 g/mol. The fourth-order valence-corrected chi connectivity index (χ4v) is 2.06. The summed E-state index contributed by atoms with van der Waals surface area (Å²) in [6, 6.07) is 3.94. The Balaban J connectivity index is 2.25. The van der Waals surface area contributed by atoms with Crippen molar-refractivity contribution in [1.29, 1.82) is 0 Å². The molecule has 0 spiro atoms. The molecule has 0 bridgehead atoms. The van der Waals surface area contributed by atoms with E-state index in [2.05, 4.69) is 5.32 Å². The molecule has 0 radical (unpaired) electrons. The van der Waals surface area contributed by atoms with Gasteiger partial charge in [0.05, 0.1) is 0 Å². The Kier molecular flexibility index (Phi) is 2.98. The van der Waals surface area contributed by atoms with Crippen LogP contribution in [-0.4, -0.2) is 24.8 Å². The van der Waals surface area contributed by atoms with Crippen LogP contribution in [0.25, 0.3) is 0 Å². The summed E-state index contributed by atoms with van der Waals surface area (Å²) in [4.78, 5) is 0. The van der Waals surface area contributed by atoms with Crippen LogP contribution < -0.4 is 5.32 Å². The maximum atomic E-state index is 13.0. The summed E-state index contributed by atoms with van der Waals surface area (Å²) in [5.74, 6) is -1.48. The van der Waals surface area contributed by atoms with Gasteiger partial charge in [0.2, 0.25) is 0 Å². The average Bonchev–Trinajstić information content (AvgIpc) is 2.70. The minimum absolute atomic E-state index is 0.0661. The van der Waals surface area contributed by atoms with Crippen LogP contribution in [0, 0.1) is 17.6 Å². The molecule has 1 saturated heterocycles. The molecular formula is C11H13F2NO. The van der Waals surface area contributed by atoms with E-state index in [4.69, 9.17) is 5.11 Å². The van der Waals surface area contributed by atoms with Gasteiger partial charge in [-0.1, -0.05) is 6.07 Å². The molecule has 1 heterocycles. The van der Waals surface area contributed by atoms with Gasteiger partial charge in [-0.3, -0.25) is 0 Å². The third-order valence-corrected chi connectivity index (χ3v) is 2.95. The quantitative estimate of drug-likeness (QED) is 0.775. The number of nitrogens with one attached hydrogen (secondary N) is 1. The van der Waals surface area contributed by atoms with E-state index in [0.29, 0.717) is 6.54 Å². The Morgan fingerprint density at radius 3 is 2.73 bits per heavy atom. The lowest BCUT2D eigenvalue weighted by atomic mass is 9.89. The first kappa shape index (κ1) is 10.5. The first-order valence-electron chi connectivity index (χ1n) is 4.99. The first-order chi connectivity index (χ1) is 7.22. The lowest BCUT2D eigenvalue weighted by molar-refractivity contribution is 0.226. The molecule has 2 unspecified atom stereocenters. The van der Waals surface area contributed by atoms with Crippen molar-refractivity contribution < 1.29 is 13.9 Å². The molecule has 1 aromatic rings. The van der Waals surface area contributed by atoms with E-state index in [1.807, 2.05) is 0 Å². The van der Waals surface area contributed by atoms with Crippen molar-refractivity contribution >= 4 is 0 Å². The molecule has 2 N–H and O–H groups in total. The highest BCUT2D eigenvalue weighted by Gasteiger charge is 2.28. The number of aliphatic hydroxyl groups excluding tert-OH is 1. The van der Waals surface area contributed by atoms with Crippen LogP contribution in [-0.2, 0) is 0 Å². The summed E-state index contributed by atoms with van der Waals surface area (Å²) >= 11 is 0. The Bertz CT molecular complexity index is 356. The predicted octanol–water partition coefficient (Wildman–Crippen LogP) is 1.26. The van der Waals surface area contributed by atoms with Crippen LogP contribution in [0.15, 0.2) is 18.2 Å². The van der Waals surface area contributed by atoms with Gasteiger partial charge in [-0.2, -0.15) is 0 Å². The molecule has 0 aromatic heterocycles. The van der Waals surface area contributed by atoms with Crippen molar-refractivity contribution in [1.82, 2.24) is 5.32 Å². The van der Waals surface area contributed by atoms with Crippen molar-refractivity contribution in [2.24, 2.45) is 5.92 Å². The minimum Gasteiger partial charge on any atom is -0.396 e. The molecule has 15 heavy (non-hydrogen) atoms. The van der Waals surface area contributed by atoms with E-state index in [-0.39, 0.29) is 18.4 Å². The van der Waals surface area contributed by atoms with E-state index in [1.165, 1.54) is 6.07 Å². The SMILES string of the molecule is OCC1CNCC1c1ccc(F)c(F)c1. The molecule has 2 rings (SSSR count). The Morgan fingerprint density at radius 2 is 2.07 bits per heavy atom. The van der Waals surface area contributed by atoms with Crippen LogP contribution in [0.1, 0.15) is 11.5 Å². The van der Waals surface area contributed by atoms with Crippen LogP contribution in [0.4, 0.5) is 8.78 Å². The summed E-state index contributed by atoms with van der Waals surface area (Å²) in [5.41, 5.74) is 0.748. The van der Waals surface area contributed by atoms with E-state index in [9.17, 15) is 8.78 Å². The maximum Gasteiger partial charge on any atom is 0.159 e. The van der Waals surface area contributed by atoms with Gasteiger partial charge in [0.25, 0.3) is 0 Å². The highest BCUT2D eigenvalue weighted by molar-refractivity contribution is 5.24. The Labute approximate surface area is 86.9 Å². The molecule has 2 atom stereocenters. The van der Waals surface area contributed by atoms with E-state index in [1.54, 1.807) is 6.07 Å². The smallest absolute Gasteiger partial charge is 0.159 e. The zero-order valence-corrected chi connectivity index (χ0v) is 8.21. The van der Waals surface area contributed by atoms with Gasteiger partial charge in [-0.05, 0) is 17.7 Å². The molecule has 1 aliphatic rings. The zero-order chi connectivity index (χ0) is 10.8. The minimum atomic E-state index is -0.828. The Morgan fingerprint density at radius 1 is 1.27 bits per heavy atom. The van der Waals surface area contributed by atoms with Gasteiger partial charge in [0, 0.05) is 31.5 Å². The normalized spacial score (nSPS) is 25.8. The largest absolute Gasteiger partial charge is 0.396 e. The van der Waals surface area contributed by atoms with Gasteiger partial charge in [0.1, 0.15) is 0 Å². The molecule has 1 fully saturated rings. The molecule has 0 amide bonds. The fraction of sp³-hybridized carbons (Fsp3) is 0.455. The van der Waals surface area contributed by atoms with Gasteiger partial charge in [-0.25, -0.2) is 8.78 Å². The van der Waals surface area contributed by atoms with Crippen LogP contribution >= 0.6 is 0 Å². The van der Waals surface area contributed by atoms with Crippen molar-refractivity contribution in [2.45, 2.75) is 5.92 Å².